The van der Waals surface area contributed by atoms with E-state index in [9.17, 15) is 4.79 Å². The number of nitrogens with zero attached hydrogens (tertiary/aromatic N) is 2. The zero-order valence-corrected chi connectivity index (χ0v) is 12.2. The van der Waals surface area contributed by atoms with Crippen molar-refractivity contribution in [1.82, 2.24) is 9.78 Å². The lowest BCUT2D eigenvalue weighted by Gasteiger charge is -2.09. The molecule has 0 fully saturated rings. The third-order valence-corrected chi connectivity index (χ3v) is 2.99. The molecule has 1 aromatic carbocycles. The molecule has 5 nitrogen and oxygen atoms in total. The first-order valence-electron chi connectivity index (χ1n) is 6.58. The minimum atomic E-state index is -0.509. The van der Waals surface area contributed by atoms with E-state index in [4.69, 9.17) is 4.74 Å². The van der Waals surface area contributed by atoms with Crippen LogP contribution in [0.2, 0.25) is 0 Å². The maximum atomic E-state index is 11.9. The molecular weight excluding hydrogens is 254 g/mol. The molecule has 106 valence electrons. The van der Waals surface area contributed by atoms with E-state index in [1.165, 1.54) is 0 Å². The summed E-state index contributed by atoms with van der Waals surface area (Å²) in [7, 11) is 0. The molecule has 0 aliphatic rings. The molecule has 0 radical (unpaired) electrons. The molecule has 1 amide bonds. The Hall–Kier alpha value is -2.30. The van der Waals surface area contributed by atoms with Crippen LogP contribution < -0.4 is 10.1 Å². The molecule has 1 N–H and O–H groups in total. The number of aryl methyl sites for hydroxylation is 1. The highest BCUT2D eigenvalue weighted by Crippen LogP contribution is 2.22. The van der Waals surface area contributed by atoms with Gasteiger partial charge in [-0.25, -0.2) is 4.79 Å². The van der Waals surface area contributed by atoms with Gasteiger partial charge in [0.1, 0.15) is 5.75 Å². The first-order valence-corrected chi connectivity index (χ1v) is 6.58. The fourth-order valence-electron chi connectivity index (χ4n) is 2.07. The summed E-state index contributed by atoms with van der Waals surface area (Å²) in [6.45, 7) is 7.89. The van der Waals surface area contributed by atoms with E-state index in [1.807, 2.05) is 50.6 Å². The standard InChI is InChI=1S/C15H19N3O2/c1-10(2)18-12(4)14(11(3)17-18)16-15(19)20-13-8-6-5-7-9-13/h5-10H,1-4H3,(H,16,19). The van der Waals surface area contributed by atoms with Crippen molar-refractivity contribution in [1.29, 1.82) is 0 Å². The molecule has 0 bridgehead atoms. The van der Waals surface area contributed by atoms with Gasteiger partial charge in [0.15, 0.2) is 0 Å². The van der Waals surface area contributed by atoms with Crippen molar-refractivity contribution < 1.29 is 9.53 Å². The van der Waals surface area contributed by atoms with E-state index in [1.54, 1.807) is 12.1 Å². The maximum Gasteiger partial charge on any atom is 0.417 e. The third-order valence-electron chi connectivity index (χ3n) is 2.99. The van der Waals surface area contributed by atoms with Crippen LogP contribution in [0.15, 0.2) is 30.3 Å². The van der Waals surface area contributed by atoms with Gasteiger partial charge in [0, 0.05) is 6.04 Å². The van der Waals surface area contributed by atoms with Crippen molar-refractivity contribution in [2.24, 2.45) is 0 Å². The molecule has 1 aromatic heterocycles. The fraction of sp³-hybridized carbons (Fsp3) is 0.333. The van der Waals surface area contributed by atoms with Gasteiger partial charge in [-0.1, -0.05) is 18.2 Å². The highest BCUT2D eigenvalue weighted by Gasteiger charge is 2.16. The first kappa shape index (κ1) is 14.1. The van der Waals surface area contributed by atoms with Crippen LogP contribution in [0, 0.1) is 13.8 Å². The highest BCUT2D eigenvalue weighted by molar-refractivity contribution is 5.87. The lowest BCUT2D eigenvalue weighted by molar-refractivity contribution is 0.215. The topological polar surface area (TPSA) is 56.2 Å². The molecule has 2 aromatic rings. The second-order valence-corrected chi connectivity index (χ2v) is 4.91. The number of hydrogen-bond acceptors (Lipinski definition) is 3. The van der Waals surface area contributed by atoms with Crippen molar-refractivity contribution in [3.05, 3.63) is 41.7 Å². The molecule has 0 aliphatic heterocycles. The molecule has 0 spiro atoms. The third kappa shape index (κ3) is 2.99. The molecule has 0 saturated heterocycles. The number of benzene rings is 1. The predicted octanol–water partition coefficient (Wildman–Crippen LogP) is 3.69. The SMILES string of the molecule is Cc1nn(C(C)C)c(C)c1NC(=O)Oc1ccccc1. The van der Waals surface area contributed by atoms with Crippen molar-refractivity contribution in [2.45, 2.75) is 33.7 Å². The minimum absolute atomic E-state index is 0.245. The van der Waals surface area contributed by atoms with Gasteiger partial charge in [-0.3, -0.25) is 10.00 Å². The number of aromatic nitrogens is 2. The normalized spacial score (nSPS) is 10.7. The number of anilines is 1. The monoisotopic (exact) mass is 273 g/mol. The Kier molecular flexibility index (Phi) is 4.08. The highest BCUT2D eigenvalue weighted by atomic mass is 16.6. The van der Waals surface area contributed by atoms with Gasteiger partial charge in [-0.15, -0.1) is 0 Å². The van der Waals surface area contributed by atoms with E-state index in [0.29, 0.717) is 11.4 Å². The summed E-state index contributed by atoms with van der Waals surface area (Å²) in [5, 5.41) is 7.17. The van der Waals surface area contributed by atoms with E-state index in [0.717, 1.165) is 11.4 Å². The summed E-state index contributed by atoms with van der Waals surface area (Å²) >= 11 is 0. The van der Waals surface area contributed by atoms with Gasteiger partial charge >= 0.3 is 6.09 Å². The van der Waals surface area contributed by atoms with Gasteiger partial charge in [0.25, 0.3) is 0 Å². The number of amides is 1. The van der Waals surface area contributed by atoms with Crippen molar-refractivity contribution in [2.75, 3.05) is 5.32 Å². The molecule has 5 heteroatoms. The molecule has 0 atom stereocenters. The molecule has 20 heavy (non-hydrogen) atoms. The number of carbonyl (C=O) groups excluding carboxylic acids is 1. The quantitative estimate of drug-likeness (QED) is 0.927. The Morgan fingerprint density at radius 1 is 1.25 bits per heavy atom. The second kappa shape index (κ2) is 5.77. The van der Waals surface area contributed by atoms with Gasteiger partial charge in [0.2, 0.25) is 0 Å². The number of nitrogens with one attached hydrogen (secondary N) is 1. The Morgan fingerprint density at radius 3 is 2.45 bits per heavy atom. The average Bonchev–Trinajstić information content (AvgIpc) is 2.68. The van der Waals surface area contributed by atoms with Crippen LogP contribution in [0.25, 0.3) is 0 Å². The summed E-state index contributed by atoms with van der Waals surface area (Å²) in [6.07, 6.45) is -0.509. The van der Waals surface area contributed by atoms with E-state index in [-0.39, 0.29) is 6.04 Å². The summed E-state index contributed by atoms with van der Waals surface area (Å²) in [5.74, 6) is 0.511. The van der Waals surface area contributed by atoms with Crippen LogP contribution in [0.1, 0.15) is 31.3 Å². The van der Waals surface area contributed by atoms with Crippen LogP contribution in [0.3, 0.4) is 0 Å². The van der Waals surface area contributed by atoms with Gasteiger partial charge in [-0.05, 0) is 39.8 Å². The predicted molar refractivity (Wildman–Crippen MR) is 78.2 cm³/mol. The van der Waals surface area contributed by atoms with Crippen LogP contribution in [0.4, 0.5) is 10.5 Å². The van der Waals surface area contributed by atoms with Crippen molar-refractivity contribution >= 4 is 11.8 Å². The van der Waals surface area contributed by atoms with Gasteiger partial charge in [-0.2, -0.15) is 5.10 Å². The Morgan fingerprint density at radius 2 is 1.90 bits per heavy atom. The summed E-state index contributed by atoms with van der Waals surface area (Å²) in [5.41, 5.74) is 2.41. The van der Waals surface area contributed by atoms with Gasteiger partial charge in [0.05, 0.1) is 17.1 Å². The zero-order valence-electron chi connectivity index (χ0n) is 12.2. The number of para-hydroxylation sites is 1. The van der Waals surface area contributed by atoms with Crippen molar-refractivity contribution in [3.8, 4) is 5.75 Å². The summed E-state index contributed by atoms with van der Waals surface area (Å²) in [4.78, 5) is 11.9. The summed E-state index contributed by atoms with van der Waals surface area (Å²) in [6, 6.07) is 9.21. The number of carbonyl (C=O) groups is 1. The van der Waals surface area contributed by atoms with Crippen LogP contribution >= 0.6 is 0 Å². The first-order chi connectivity index (χ1) is 9.49. The fourth-order valence-corrected chi connectivity index (χ4v) is 2.07. The number of ether oxygens (including phenoxy) is 1. The van der Waals surface area contributed by atoms with Crippen molar-refractivity contribution in [3.63, 3.8) is 0 Å². The van der Waals surface area contributed by atoms with E-state index >= 15 is 0 Å². The second-order valence-electron chi connectivity index (χ2n) is 4.91. The van der Waals surface area contributed by atoms with Crippen LogP contribution in [-0.4, -0.2) is 15.9 Å². The van der Waals surface area contributed by atoms with E-state index < -0.39 is 6.09 Å². The average molecular weight is 273 g/mol. The molecule has 0 unspecified atom stereocenters. The van der Waals surface area contributed by atoms with Crippen LogP contribution in [0.5, 0.6) is 5.75 Å². The Bertz CT molecular complexity index is 603. The number of hydrogen-bond donors (Lipinski definition) is 1. The molecule has 1 heterocycles. The van der Waals surface area contributed by atoms with Gasteiger partial charge < -0.3 is 4.74 Å². The summed E-state index contributed by atoms with van der Waals surface area (Å²) < 4.78 is 7.09. The Balaban J connectivity index is 2.12. The zero-order chi connectivity index (χ0) is 14.7. The molecular formula is C15H19N3O2. The maximum absolute atomic E-state index is 11.9. The van der Waals surface area contributed by atoms with E-state index in [2.05, 4.69) is 10.4 Å². The molecule has 2 rings (SSSR count). The lowest BCUT2D eigenvalue weighted by atomic mass is 10.3. The minimum Gasteiger partial charge on any atom is -0.410 e. The molecule has 0 aliphatic carbocycles. The largest absolute Gasteiger partial charge is 0.417 e. The number of rotatable bonds is 3. The Labute approximate surface area is 118 Å². The lowest BCUT2D eigenvalue weighted by Crippen LogP contribution is -2.17. The smallest absolute Gasteiger partial charge is 0.410 e. The van der Waals surface area contributed by atoms with Crippen LogP contribution in [-0.2, 0) is 0 Å². The molecule has 0 saturated carbocycles.